The third-order valence-corrected chi connectivity index (χ3v) is 3.52. The fraction of sp³-hybridized carbons (Fsp3) is 0.538. The molecule has 0 aromatic heterocycles. The van der Waals surface area contributed by atoms with Crippen molar-refractivity contribution in [1.29, 1.82) is 0 Å². The van der Waals surface area contributed by atoms with Gasteiger partial charge in [-0.3, -0.25) is 4.90 Å². The molecule has 1 aromatic rings. The molecule has 0 spiro atoms. The number of benzene rings is 1. The summed E-state index contributed by atoms with van der Waals surface area (Å²) in [5.74, 6) is 0. The first-order chi connectivity index (χ1) is 8.49. The summed E-state index contributed by atoms with van der Waals surface area (Å²) in [6.45, 7) is 3.25. The van der Waals surface area contributed by atoms with Crippen LogP contribution in [0.3, 0.4) is 0 Å². The molecule has 5 heteroatoms. The quantitative estimate of drug-likeness (QED) is 0.875. The normalized spacial score (nSPS) is 14.8. The highest BCUT2D eigenvalue weighted by atomic mass is 35.5. The van der Waals surface area contributed by atoms with E-state index in [2.05, 4.69) is 11.8 Å². The molecular weight excluding hydrogens is 271 g/mol. The fourth-order valence-corrected chi connectivity index (χ4v) is 2.51. The van der Waals surface area contributed by atoms with E-state index in [1.54, 1.807) is 13.2 Å². The van der Waals surface area contributed by atoms with Gasteiger partial charge in [0.2, 0.25) is 0 Å². The molecule has 102 valence electrons. The van der Waals surface area contributed by atoms with Crippen LogP contribution in [-0.2, 0) is 4.74 Å². The van der Waals surface area contributed by atoms with Gasteiger partial charge in [0.05, 0.1) is 6.61 Å². The van der Waals surface area contributed by atoms with Crippen molar-refractivity contribution in [2.75, 3.05) is 27.3 Å². The lowest BCUT2D eigenvalue weighted by Crippen LogP contribution is -2.39. The minimum Gasteiger partial charge on any atom is -0.383 e. The Balaban J connectivity index is 2.94. The predicted octanol–water partition coefficient (Wildman–Crippen LogP) is 2.96. The van der Waals surface area contributed by atoms with Gasteiger partial charge in [-0.1, -0.05) is 23.2 Å². The topological polar surface area (TPSA) is 38.5 Å². The second-order valence-corrected chi connectivity index (χ2v) is 5.30. The number of likely N-dealkylation sites (N-methyl/N-ethyl adjacent to an activating group) is 1. The van der Waals surface area contributed by atoms with Gasteiger partial charge in [-0.15, -0.1) is 0 Å². The Morgan fingerprint density at radius 2 is 1.83 bits per heavy atom. The van der Waals surface area contributed by atoms with E-state index in [-0.39, 0.29) is 12.1 Å². The van der Waals surface area contributed by atoms with Crippen molar-refractivity contribution < 1.29 is 4.74 Å². The number of halogens is 2. The van der Waals surface area contributed by atoms with Crippen molar-refractivity contribution in [3.05, 3.63) is 33.8 Å². The maximum Gasteiger partial charge on any atom is 0.0615 e. The van der Waals surface area contributed by atoms with Gasteiger partial charge in [-0.05, 0) is 37.7 Å². The number of hydrogen-bond donors (Lipinski definition) is 1. The van der Waals surface area contributed by atoms with Crippen molar-refractivity contribution in [2.24, 2.45) is 5.73 Å². The van der Waals surface area contributed by atoms with E-state index >= 15 is 0 Å². The zero-order valence-corrected chi connectivity index (χ0v) is 12.5. The number of nitrogens with zero attached hydrogens (tertiary/aromatic N) is 1. The number of hydrogen-bond acceptors (Lipinski definition) is 3. The molecule has 0 radical (unpaired) electrons. The van der Waals surface area contributed by atoms with Gasteiger partial charge in [0.1, 0.15) is 0 Å². The summed E-state index contributed by atoms with van der Waals surface area (Å²) in [4.78, 5) is 2.17. The Labute approximate surface area is 119 Å². The van der Waals surface area contributed by atoms with Gasteiger partial charge in [0, 0.05) is 35.8 Å². The largest absolute Gasteiger partial charge is 0.383 e. The third kappa shape index (κ3) is 4.11. The molecule has 0 heterocycles. The van der Waals surface area contributed by atoms with Gasteiger partial charge >= 0.3 is 0 Å². The molecule has 2 unspecified atom stereocenters. The van der Waals surface area contributed by atoms with Crippen LogP contribution in [0.2, 0.25) is 10.0 Å². The molecule has 1 aromatic carbocycles. The van der Waals surface area contributed by atoms with E-state index in [9.17, 15) is 0 Å². The summed E-state index contributed by atoms with van der Waals surface area (Å²) in [5.41, 5.74) is 6.90. The van der Waals surface area contributed by atoms with E-state index in [0.717, 1.165) is 5.56 Å². The first kappa shape index (κ1) is 15.7. The molecule has 2 N–H and O–H groups in total. The fourth-order valence-electron chi connectivity index (χ4n) is 1.97. The van der Waals surface area contributed by atoms with Crippen LogP contribution >= 0.6 is 23.2 Å². The van der Waals surface area contributed by atoms with Crippen LogP contribution in [0.15, 0.2) is 18.2 Å². The van der Waals surface area contributed by atoms with Crippen molar-refractivity contribution in [3.63, 3.8) is 0 Å². The Morgan fingerprint density at radius 3 is 2.28 bits per heavy atom. The van der Waals surface area contributed by atoms with E-state index in [0.29, 0.717) is 23.2 Å². The number of methoxy groups -OCH3 is 1. The number of ether oxygens (including phenoxy) is 1. The van der Waals surface area contributed by atoms with E-state index in [1.165, 1.54) is 0 Å². The first-order valence-electron chi connectivity index (χ1n) is 5.86. The molecule has 0 aliphatic heterocycles. The average molecular weight is 291 g/mol. The van der Waals surface area contributed by atoms with Crippen LogP contribution in [0.25, 0.3) is 0 Å². The highest BCUT2D eigenvalue weighted by Gasteiger charge is 2.20. The lowest BCUT2D eigenvalue weighted by molar-refractivity contribution is 0.0910. The maximum atomic E-state index is 6.03. The Hall–Kier alpha value is -0.320. The molecular formula is C13H20Cl2N2O. The van der Waals surface area contributed by atoms with Gasteiger partial charge in [0.15, 0.2) is 0 Å². The van der Waals surface area contributed by atoms with E-state index in [1.807, 2.05) is 19.2 Å². The summed E-state index contributed by atoms with van der Waals surface area (Å²) in [6.07, 6.45) is 0. The molecule has 0 aliphatic rings. The van der Waals surface area contributed by atoms with Gasteiger partial charge in [0.25, 0.3) is 0 Å². The molecule has 0 saturated heterocycles. The average Bonchev–Trinajstić information content (AvgIpc) is 2.28. The Kier molecular flexibility index (Phi) is 6.39. The molecule has 18 heavy (non-hydrogen) atoms. The minimum absolute atomic E-state index is 0.0753. The van der Waals surface area contributed by atoms with Crippen LogP contribution in [-0.4, -0.2) is 38.3 Å². The van der Waals surface area contributed by atoms with Crippen molar-refractivity contribution in [2.45, 2.75) is 19.0 Å². The van der Waals surface area contributed by atoms with Gasteiger partial charge in [-0.25, -0.2) is 0 Å². The molecule has 0 fully saturated rings. The summed E-state index contributed by atoms with van der Waals surface area (Å²) in [5, 5.41) is 1.26. The highest BCUT2D eigenvalue weighted by Crippen LogP contribution is 2.27. The molecule has 0 saturated carbocycles. The summed E-state index contributed by atoms with van der Waals surface area (Å²) >= 11 is 12.1. The first-order valence-corrected chi connectivity index (χ1v) is 6.62. The second kappa shape index (κ2) is 7.31. The predicted molar refractivity (Wildman–Crippen MR) is 77.4 cm³/mol. The van der Waals surface area contributed by atoms with Crippen LogP contribution in [0, 0.1) is 0 Å². The zero-order chi connectivity index (χ0) is 13.7. The number of nitrogens with two attached hydrogens (primary N) is 1. The zero-order valence-electron chi connectivity index (χ0n) is 11.0. The van der Waals surface area contributed by atoms with Crippen molar-refractivity contribution in [1.82, 2.24) is 4.90 Å². The van der Waals surface area contributed by atoms with E-state index < -0.39 is 0 Å². The van der Waals surface area contributed by atoms with Crippen LogP contribution in [0.4, 0.5) is 0 Å². The van der Waals surface area contributed by atoms with Crippen LogP contribution in [0.1, 0.15) is 18.5 Å². The number of rotatable bonds is 6. The van der Waals surface area contributed by atoms with Crippen molar-refractivity contribution in [3.8, 4) is 0 Å². The van der Waals surface area contributed by atoms with Gasteiger partial charge in [-0.2, -0.15) is 0 Å². The molecule has 0 aliphatic carbocycles. The minimum atomic E-state index is 0.0753. The lowest BCUT2D eigenvalue weighted by Gasteiger charge is -2.32. The third-order valence-electron chi connectivity index (χ3n) is 3.09. The molecule has 1 rings (SSSR count). The molecule has 0 bridgehead atoms. The summed E-state index contributed by atoms with van der Waals surface area (Å²) in [7, 11) is 3.72. The Morgan fingerprint density at radius 1 is 1.28 bits per heavy atom. The van der Waals surface area contributed by atoms with Crippen LogP contribution < -0.4 is 5.73 Å². The SMILES string of the molecule is COCC(C)N(C)C(CN)c1cc(Cl)cc(Cl)c1. The smallest absolute Gasteiger partial charge is 0.0615 e. The van der Waals surface area contributed by atoms with Crippen LogP contribution in [0.5, 0.6) is 0 Å². The monoisotopic (exact) mass is 290 g/mol. The lowest BCUT2D eigenvalue weighted by atomic mass is 10.0. The summed E-state index contributed by atoms with van der Waals surface area (Å²) < 4.78 is 5.17. The van der Waals surface area contributed by atoms with Crippen molar-refractivity contribution >= 4 is 23.2 Å². The molecule has 0 amide bonds. The molecule has 2 atom stereocenters. The highest BCUT2D eigenvalue weighted by molar-refractivity contribution is 6.34. The maximum absolute atomic E-state index is 6.03. The standard InChI is InChI=1S/C13H20Cl2N2O/c1-9(8-18-3)17(2)13(7-16)10-4-11(14)6-12(15)5-10/h4-6,9,13H,7-8,16H2,1-3H3. The van der Waals surface area contributed by atoms with Gasteiger partial charge < -0.3 is 10.5 Å². The molecule has 3 nitrogen and oxygen atoms in total. The Bertz CT molecular complexity index is 367. The summed E-state index contributed by atoms with van der Waals surface area (Å²) in [6, 6.07) is 5.87. The van der Waals surface area contributed by atoms with E-state index in [4.69, 9.17) is 33.7 Å². The second-order valence-electron chi connectivity index (χ2n) is 4.42.